The molecule has 1 saturated heterocycles. The van der Waals surface area contributed by atoms with Gasteiger partial charge in [0.1, 0.15) is 0 Å². The molecule has 1 heterocycles. The number of rotatable bonds is 4. The average molecular weight is 241 g/mol. The smallest absolute Gasteiger partial charge is 0.308 e. The minimum atomic E-state index is -0.801. The van der Waals surface area contributed by atoms with Crippen molar-refractivity contribution in [3.05, 3.63) is 0 Å². The Morgan fingerprint density at radius 2 is 2.18 bits per heavy atom. The normalized spacial score (nSPS) is 26.6. The Kier molecular flexibility index (Phi) is 3.38. The first-order chi connectivity index (χ1) is 8.06. The van der Waals surface area contributed by atoms with E-state index >= 15 is 0 Å². The zero-order chi connectivity index (χ0) is 12.5. The highest BCUT2D eigenvalue weighted by Gasteiger charge is 2.41. The van der Waals surface area contributed by atoms with E-state index < -0.39 is 5.97 Å². The zero-order valence-corrected chi connectivity index (χ0v) is 10.1. The standard InChI is InChI=1S/C12H19NO4/c1-17-12(4-2-5-12)7-10(14)13-6-3-9(8-13)11(15)16/h9H,2-8H2,1H3,(H,15,16). The number of carbonyl (C=O) groups excluding carboxylic acids is 1. The molecule has 0 spiro atoms. The molecule has 0 aromatic heterocycles. The van der Waals surface area contributed by atoms with Gasteiger partial charge in [0.25, 0.3) is 0 Å². The fourth-order valence-electron chi connectivity index (χ4n) is 2.60. The highest BCUT2D eigenvalue weighted by molar-refractivity contribution is 5.79. The summed E-state index contributed by atoms with van der Waals surface area (Å²) >= 11 is 0. The van der Waals surface area contributed by atoms with Crippen molar-refractivity contribution in [1.29, 1.82) is 0 Å². The van der Waals surface area contributed by atoms with Gasteiger partial charge in [-0.05, 0) is 25.7 Å². The maximum atomic E-state index is 12.0. The van der Waals surface area contributed by atoms with E-state index in [1.165, 1.54) is 0 Å². The van der Waals surface area contributed by atoms with Crippen molar-refractivity contribution in [2.24, 2.45) is 5.92 Å². The number of ether oxygens (including phenoxy) is 1. The van der Waals surface area contributed by atoms with Gasteiger partial charge in [0.15, 0.2) is 0 Å². The molecule has 0 bridgehead atoms. The molecule has 0 aromatic rings. The quantitative estimate of drug-likeness (QED) is 0.793. The molecule has 1 aliphatic carbocycles. The van der Waals surface area contributed by atoms with E-state index in [4.69, 9.17) is 9.84 Å². The Hall–Kier alpha value is -1.10. The first-order valence-corrected chi connectivity index (χ1v) is 6.12. The fraction of sp³-hybridized carbons (Fsp3) is 0.833. The molecule has 96 valence electrons. The molecule has 17 heavy (non-hydrogen) atoms. The van der Waals surface area contributed by atoms with Crippen molar-refractivity contribution in [1.82, 2.24) is 4.90 Å². The molecule has 2 fully saturated rings. The number of amides is 1. The van der Waals surface area contributed by atoms with Crippen LogP contribution in [0.2, 0.25) is 0 Å². The van der Waals surface area contributed by atoms with E-state index in [0.29, 0.717) is 25.9 Å². The minimum absolute atomic E-state index is 0.0373. The molecule has 1 unspecified atom stereocenters. The molecule has 1 N–H and O–H groups in total. The summed E-state index contributed by atoms with van der Waals surface area (Å²) in [5, 5.41) is 8.89. The van der Waals surface area contributed by atoms with Gasteiger partial charge in [-0.25, -0.2) is 0 Å². The SMILES string of the molecule is COC1(CC(=O)N2CCC(C(=O)O)C2)CCC1. The van der Waals surface area contributed by atoms with Gasteiger partial charge in [0, 0.05) is 20.2 Å². The van der Waals surface area contributed by atoms with Crippen molar-refractivity contribution < 1.29 is 19.4 Å². The number of nitrogens with zero attached hydrogens (tertiary/aromatic N) is 1. The summed E-state index contributed by atoms with van der Waals surface area (Å²) in [6.07, 6.45) is 3.95. The second-order valence-corrected chi connectivity index (χ2v) is 5.08. The topological polar surface area (TPSA) is 66.8 Å². The lowest BCUT2D eigenvalue weighted by Gasteiger charge is -2.40. The second kappa shape index (κ2) is 4.64. The molecule has 5 heteroatoms. The van der Waals surface area contributed by atoms with Crippen molar-refractivity contribution in [3.63, 3.8) is 0 Å². The van der Waals surface area contributed by atoms with Gasteiger partial charge < -0.3 is 14.7 Å². The lowest BCUT2D eigenvalue weighted by Crippen LogP contribution is -2.44. The van der Waals surface area contributed by atoms with E-state index in [1.807, 2.05) is 0 Å². The molecule has 1 aliphatic heterocycles. The predicted octanol–water partition coefficient (Wildman–Crippen LogP) is 0.879. The van der Waals surface area contributed by atoms with Crippen LogP contribution in [0.15, 0.2) is 0 Å². The molecule has 1 saturated carbocycles. The fourth-order valence-corrected chi connectivity index (χ4v) is 2.60. The van der Waals surface area contributed by atoms with Crippen LogP contribution in [0.25, 0.3) is 0 Å². The molecular weight excluding hydrogens is 222 g/mol. The Balaban J connectivity index is 1.87. The van der Waals surface area contributed by atoms with Crippen LogP contribution in [-0.4, -0.2) is 47.7 Å². The summed E-state index contributed by atoms with van der Waals surface area (Å²) in [6, 6.07) is 0. The number of hydrogen-bond donors (Lipinski definition) is 1. The Bertz CT molecular complexity index is 319. The first-order valence-electron chi connectivity index (χ1n) is 6.12. The molecule has 0 aromatic carbocycles. The summed E-state index contributed by atoms with van der Waals surface area (Å²) in [5.41, 5.74) is -0.265. The van der Waals surface area contributed by atoms with Crippen LogP contribution < -0.4 is 0 Å². The van der Waals surface area contributed by atoms with Crippen LogP contribution in [0.1, 0.15) is 32.1 Å². The average Bonchev–Trinajstić information content (AvgIpc) is 2.72. The van der Waals surface area contributed by atoms with E-state index in [0.717, 1.165) is 19.3 Å². The lowest BCUT2D eigenvalue weighted by atomic mass is 9.77. The maximum Gasteiger partial charge on any atom is 0.308 e. The zero-order valence-electron chi connectivity index (χ0n) is 10.1. The molecule has 2 rings (SSSR count). The van der Waals surface area contributed by atoms with Crippen LogP contribution >= 0.6 is 0 Å². The molecule has 5 nitrogen and oxygen atoms in total. The summed E-state index contributed by atoms with van der Waals surface area (Å²) < 4.78 is 5.41. The van der Waals surface area contributed by atoms with Crippen molar-refractivity contribution in [2.45, 2.75) is 37.7 Å². The van der Waals surface area contributed by atoms with Crippen molar-refractivity contribution in [3.8, 4) is 0 Å². The van der Waals surface area contributed by atoms with E-state index in [-0.39, 0.29) is 17.4 Å². The van der Waals surface area contributed by atoms with Gasteiger partial charge >= 0.3 is 5.97 Å². The van der Waals surface area contributed by atoms with Crippen LogP contribution in [0.3, 0.4) is 0 Å². The van der Waals surface area contributed by atoms with Gasteiger partial charge in [0.05, 0.1) is 17.9 Å². The number of hydrogen-bond acceptors (Lipinski definition) is 3. The Labute approximate surface area is 101 Å². The van der Waals surface area contributed by atoms with Crippen LogP contribution in [0.4, 0.5) is 0 Å². The second-order valence-electron chi connectivity index (χ2n) is 5.08. The number of carboxylic acids is 1. The monoisotopic (exact) mass is 241 g/mol. The molecular formula is C12H19NO4. The molecule has 2 aliphatic rings. The Morgan fingerprint density at radius 3 is 2.59 bits per heavy atom. The van der Waals surface area contributed by atoms with Crippen LogP contribution in [-0.2, 0) is 14.3 Å². The minimum Gasteiger partial charge on any atom is -0.481 e. The van der Waals surface area contributed by atoms with Gasteiger partial charge in [-0.2, -0.15) is 0 Å². The molecule has 0 radical (unpaired) electrons. The lowest BCUT2D eigenvalue weighted by molar-refractivity contribution is -0.144. The molecule has 1 amide bonds. The Morgan fingerprint density at radius 1 is 1.47 bits per heavy atom. The number of carboxylic acid groups (broad SMARTS) is 1. The van der Waals surface area contributed by atoms with Crippen LogP contribution in [0.5, 0.6) is 0 Å². The highest BCUT2D eigenvalue weighted by atomic mass is 16.5. The largest absolute Gasteiger partial charge is 0.481 e. The number of likely N-dealkylation sites (tertiary alicyclic amines) is 1. The number of methoxy groups -OCH3 is 1. The first kappa shape index (κ1) is 12.4. The van der Waals surface area contributed by atoms with E-state index in [9.17, 15) is 9.59 Å². The van der Waals surface area contributed by atoms with Gasteiger partial charge in [-0.3, -0.25) is 9.59 Å². The predicted molar refractivity (Wildman–Crippen MR) is 60.5 cm³/mol. The van der Waals surface area contributed by atoms with Crippen molar-refractivity contribution >= 4 is 11.9 Å². The van der Waals surface area contributed by atoms with Crippen LogP contribution in [0, 0.1) is 5.92 Å². The van der Waals surface area contributed by atoms with Gasteiger partial charge in [-0.1, -0.05) is 0 Å². The summed E-state index contributed by atoms with van der Waals surface area (Å²) in [6.45, 7) is 0.920. The summed E-state index contributed by atoms with van der Waals surface area (Å²) in [7, 11) is 1.65. The third kappa shape index (κ3) is 2.44. The van der Waals surface area contributed by atoms with E-state index in [2.05, 4.69) is 0 Å². The van der Waals surface area contributed by atoms with E-state index in [1.54, 1.807) is 12.0 Å². The molecule has 1 atom stereocenters. The highest BCUT2D eigenvalue weighted by Crippen LogP contribution is 2.38. The summed E-state index contributed by atoms with van der Waals surface area (Å²) in [5.74, 6) is -1.15. The third-order valence-electron chi connectivity index (χ3n) is 4.06. The third-order valence-corrected chi connectivity index (χ3v) is 4.06. The van der Waals surface area contributed by atoms with Gasteiger partial charge in [-0.15, -0.1) is 0 Å². The number of aliphatic carboxylic acids is 1. The number of carbonyl (C=O) groups is 2. The maximum absolute atomic E-state index is 12.0. The van der Waals surface area contributed by atoms with Gasteiger partial charge in [0.2, 0.25) is 5.91 Å². The van der Waals surface area contributed by atoms with Crippen molar-refractivity contribution in [2.75, 3.05) is 20.2 Å². The summed E-state index contributed by atoms with van der Waals surface area (Å²) in [4.78, 5) is 24.5.